The van der Waals surface area contributed by atoms with Gasteiger partial charge >= 0.3 is 6.03 Å². The molecule has 2 rings (SSSR count). The van der Waals surface area contributed by atoms with Gasteiger partial charge in [-0.2, -0.15) is 11.3 Å². The lowest BCUT2D eigenvalue weighted by atomic mass is 10.3. The Bertz CT molecular complexity index is 614. The number of unbranched alkanes of at least 4 members (excludes halogenated alkanes) is 1. The summed E-state index contributed by atoms with van der Waals surface area (Å²) in [5, 5.41) is 7.00. The van der Waals surface area contributed by atoms with Crippen LogP contribution in [0.1, 0.15) is 25.3 Å². The number of methoxy groups -OCH3 is 1. The summed E-state index contributed by atoms with van der Waals surface area (Å²) in [5.41, 5.74) is 1.87. The van der Waals surface area contributed by atoms with Crippen LogP contribution in [0.3, 0.4) is 0 Å². The van der Waals surface area contributed by atoms with Crippen molar-refractivity contribution in [3.05, 3.63) is 46.7 Å². The topological polar surface area (TPSA) is 50.8 Å². The molecule has 6 heteroatoms. The Morgan fingerprint density at radius 2 is 2.00 bits per heavy atom. The minimum absolute atomic E-state index is 0.136. The van der Waals surface area contributed by atoms with Crippen LogP contribution in [0.15, 0.2) is 41.1 Å². The second-order valence-electron chi connectivity index (χ2n) is 5.70. The highest BCUT2D eigenvalue weighted by Crippen LogP contribution is 2.17. The average molecular weight is 362 g/mol. The Morgan fingerprint density at radius 3 is 2.64 bits per heavy atom. The number of benzene rings is 1. The van der Waals surface area contributed by atoms with Crippen LogP contribution < -0.4 is 10.1 Å². The maximum Gasteiger partial charge on any atom is 0.322 e. The van der Waals surface area contributed by atoms with Gasteiger partial charge in [-0.1, -0.05) is 13.3 Å². The first-order valence-electron chi connectivity index (χ1n) is 8.51. The monoisotopic (exact) mass is 362 g/mol. The smallest absolute Gasteiger partial charge is 0.322 e. The summed E-state index contributed by atoms with van der Waals surface area (Å²) in [6.07, 6.45) is 2.14. The molecule has 1 aromatic heterocycles. The van der Waals surface area contributed by atoms with E-state index in [2.05, 4.69) is 17.6 Å². The molecule has 0 atom stereocenters. The van der Waals surface area contributed by atoms with Crippen LogP contribution in [-0.4, -0.2) is 37.8 Å². The van der Waals surface area contributed by atoms with Crippen LogP contribution in [0.4, 0.5) is 10.5 Å². The van der Waals surface area contributed by atoms with E-state index in [1.807, 2.05) is 35.7 Å². The fourth-order valence-electron chi connectivity index (χ4n) is 2.23. The fourth-order valence-corrected chi connectivity index (χ4v) is 2.89. The maximum atomic E-state index is 12.6. The van der Waals surface area contributed by atoms with E-state index < -0.39 is 0 Å². The number of carbonyl (C=O) groups excluding carboxylic acids is 1. The van der Waals surface area contributed by atoms with E-state index in [1.54, 1.807) is 23.3 Å². The SMILES string of the molecule is CCCCOc1ccc(NC(=O)N(CCOC)Cc2ccsc2)cc1. The number of hydrogen-bond acceptors (Lipinski definition) is 4. The third kappa shape index (κ3) is 6.76. The van der Waals surface area contributed by atoms with Crippen molar-refractivity contribution in [2.45, 2.75) is 26.3 Å². The minimum atomic E-state index is -0.136. The fraction of sp³-hybridized carbons (Fsp3) is 0.421. The van der Waals surface area contributed by atoms with Crippen LogP contribution in [0, 0.1) is 0 Å². The Morgan fingerprint density at radius 1 is 1.20 bits per heavy atom. The average Bonchev–Trinajstić information content (AvgIpc) is 3.13. The number of thiophene rings is 1. The molecule has 25 heavy (non-hydrogen) atoms. The Kier molecular flexibility index (Phi) is 8.28. The summed E-state index contributed by atoms with van der Waals surface area (Å²) in [5.74, 6) is 0.820. The molecule has 0 unspecified atom stereocenters. The molecular weight excluding hydrogens is 336 g/mol. The van der Waals surface area contributed by atoms with Gasteiger partial charge in [0.25, 0.3) is 0 Å². The lowest BCUT2D eigenvalue weighted by molar-refractivity contribution is 0.153. The zero-order valence-electron chi connectivity index (χ0n) is 14.9. The van der Waals surface area contributed by atoms with Crippen LogP contribution in [0.25, 0.3) is 0 Å². The second-order valence-corrected chi connectivity index (χ2v) is 6.48. The first kappa shape index (κ1) is 19.3. The van der Waals surface area contributed by atoms with E-state index in [1.165, 1.54) is 0 Å². The largest absolute Gasteiger partial charge is 0.494 e. The third-order valence-corrected chi connectivity index (χ3v) is 4.41. The molecule has 0 aliphatic rings. The first-order chi connectivity index (χ1) is 12.2. The molecule has 2 amide bonds. The number of rotatable bonds is 10. The first-order valence-corrected chi connectivity index (χ1v) is 9.46. The molecule has 0 spiro atoms. The van der Waals surface area contributed by atoms with Gasteiger partial charge < -0.3 is 19.7 Å². The van der Waals surface area contributed by atoms with E-state index in [4.69, 9.17) is 9.47 Å². The highest BCUT2D eigenvalue weighted by Gasteiger charge is 2.14. The predicted octanol–water partition coefficient (Wildman–Crippen LogP) is 4.61. The summed E-state index contributed by atoms with van der Waals surface area (Å²) in [6.45, 7) is 4.45. The molecule has 0 saturated carbocycles. The lowest BCUT2D eigenvalue weighted by Crippen LogP contribution is -2.36. The normalized spacial score (nSPS) is 10.5. The molecule has 1 N–H and O–H groups in total. The molecule has 5 nitrogen and oxygen atoms in total. The molecule has 136 valence electrons. The van der Waals surface area contributed by atoms with Crippen molar-refractivity contribution in [1.82, 2.24) is 4.90 Å². The van der Waals surface area contributed by atoms with Gasteiger partial charge in [0.1, 0.15) is 5.75 Å². The molecule has 0 aliphatic heterocycles. The zero-order valence-corrected chi connectivity index (χ0v) is 15.7. The number of anilines is 1. The number of nitrogens with one attached hydrogen (secondary N) is 1. The molecule has 0 aliphatic carbocycles. The minimum Gasteiger partial charge on any atom is -0.494 e. The summed E-state index contributed by atoms with van der Waals surface area (Å²) in [4.78, 5) is 14.3. The van der Waals surface area contributed by atoms with Crippen molar-refractivity contribution < 1.29 is 14.3 Å². The quantitative estimate of drug-likeness (QED) is 0.628. The molecule has 2 aromatic rings. The van der Waals surface area contributed by atoms with E-state index in [9.17, 15) is 4.79 Å². The van der Waals surface area contributed by atoms with Gasteiger partial charge in [-0.05, 0) is 53.1 Å². The number of ether oxygens (including phenoxy) is 2. The Labute approximate surface area is 153 Å². The number of amides is 2. The second kappa shape index (κ2) is 10.7. The number of hydrogen-bond donors (Lipinski definition) is 1. The van der Waals surface area contributed by atoms with E-state index in [-0.39, 0.29) is 6.03 Å². The molecule has 0 radical (unpaired) electrons. The summed E-state index contributed by atoms with van der Waals surface area (Å²) < 4.78 is 10.8. The van der Waals surface area contributed by atoms with Crippen molar-refractivity contribution in [2.75, 3.05) is 32.2 Å². The zero-order chi connectivity index (χ0) is 17.9. The van der Waals surface area contributed by atoms with Crippen molar-refractivity contribution >= 4 is 23.1 Å². The van der Waals surface area contributed by atoms with E-state index in [0.717, 1.165) is 29.8 Å². The molecule has 1 heterocycles. The maximum absolute atomic E-state index is 12.6. The summed E-state index contributed by atoms with van der Waals surface area (Å²) in [6, 6.07) is 9.37. The third-order valence-electron chi connectivity index (χ3n) is 3.68. The van der Waals surface area contributed by atoms with Crippen molar-refractivity contribution in [2.24, 2.45) is 0 Å². The lowest BCUT2D eigenvalue weighted by Gasteiger charge is -2.22. The summed E-state index contributed by atoms with van der Waals surface area (Å²) >= 11 is 1.63. The van der Waals surface area contributed by atoms with Gasteiger partial charge in [-0.15, -0.1) is 0 Å². The van der Waals surface area contributed by atoms with Gasteiger partial charge in [-0.25, -0.2) is 4.79 Å². The number of nitrogens with zero attached hydrogens (tertiary/aromatic N) is 1. The Balaban J connectivity index is 1.92. The highest BCUT2D eigenvalue weighted by atomic mass is 32.1. The predicted molar refractivity (Wildman–Crippen MR) is 102 cm³/mol. The van der Waals surface area contributed by atoms with Gasteiger partial charge in [0, 0.05) is 25.9 Å². The molecule has 0 bridgehead atoms. The van der Waals surface area contributed by atoms with Crippen molar-refractivity contribution in [3.63, 3.8) is 0 Å². The molecule has 1 aromatic carbocycles. The van der Waals surface area contributed by atoms with Gasteiger partial charge in [0.15, 0.2) is 0 Å². The van der Waals surface area contributed by atoms with E-state index >= 15 is 0 Å². The van der Waals surface area contributed by atoms with Gasteiger partial charge in [0.05, 0.1) is 13.2 Å². The highest BCUT2D eigenvalue weighted by molar-refractivity contribution is 7.07. The van der Waals surface area contributed by atoms with E-state index in [0.29, 0.717) is 26.3 Å². The number of carbonyl (C=O) groups is 1. The van der Waals surface area contributed by atoms with Crippen molar-refractivity contribution in [1.29, 1.82) is 0 Å². The molecule has 0 fully saturated rings. The van der Waals surface area contributed by atoms with Crippen LogP contribution in [-0.2, 0) is 11.3 Å². The van der Waals surface area contributed by atoms with Crippen LogP contribution >= 0.6 is 11.3 Å². The van der Waals surface area contributed by atoms with Gasteiger partial charge in [0.2, 0.25) is 0 Å². The van der Waals surface area contributed by atoms with Gasteiger partial charge in [-0.3, -0.25) is 0 Å². The number of urea groups is 1. The molecule has 0 saturated heterocycles. The van der Waals surface area contributed by atoms with Crippen LogP contribution in [0.5, 0.6) is 5.75 Å². The van der Waals surface area contributed by atoms with Crippen LogP contribution in [0.2, 0.25) is 0 Å². The molecular formula is C19H26N2O3S. The summed E-state index contributed by atoms with van der Waals surface area (Å²) in [7, 11) is 1.64. The standard InChI is InChI=1S/C19H26N2O3S/c1-3-4-11-24-18-7-5-17(6-8-18)20-19(22)21(10-12-23-2)14-16-9-13-25-15-16/h5-9,13,15H,3-4,10-12,14H2,1-2H3,(H,20,22). The Hall–Kier alpha value is -2.05. The van der Waals surface area contributed by atoms with Crippen molar-refractivity contribution in [3.8, 4) is 5.75 Å².